The highest BCUT2D eigenvalue weighted by Crippen LogP contribution is 2.16. The fourth-order valence-electron chi connectivity index (χ4n) is 1.61. The number of hydrogen-bond donors (Lipinski definition) is 2. The number of amides is 1. The minimum atomic E-state index is -0.690. The largest absolute Gasteiger partial charge is 0.357 e. The topological polar surface area (TPSA) is 59.0 Å². The average Bonchev–Trinajstić information content (AvgIpc) is 2.79. The zero-order valence-corrected chi connectivity index (χ0v) is 11.0. The van der Waals surface area contributed by atoms with E-state index in [4.69, 9.17) is 0 Å². The lowest BCUT2D eigenvalue weighted by Crippen LogP contribution is -2.32. The Balaban J connectivity index is 2.02. The number of hydrogen-bond acceptors (Lipinski definition) is 3. The van der Waals surface area contributed by atoms with Gasteiger partial charge >= 0.3 is 0 Å². The van der Waals surface area contributed by atoms with E-state index in [1.54, 1.807) is 30.9 Å². The summed E-state index contributed by atoms with van der Waals surface area (Å²) in [5, 5.41) is 9.25. The Labute approximate surface area is 114 Å². The van der Waals surface area contributed by atoms with E-state index >= 15 is 0 Å². The van der Waals surface area contributed by atoms with E-state index in [-0.39, 0.29) is 5.69 Å². The van der Waals surface area contributed by atoms with Crippen LogP contribution in [-0.4, -0.2) is 21.7 Å². The molecule has 2 aromatic rings. The van der Waals surface area contributed by atoms with Crippen molar-refractivity contribution >= 4 is 17.4 Å². The van der Waals surface area contributed by atoms with E-state index in [2.05, 4.69) is 15.7 Å². The lowest BCUT2D eigenvalue weighted by molar-refractivity contribution is -0.116. The van der Waals surface area contributed by atoms with E-state index in [1.165, 1.54) is 0 Å². The van der Waals surface area contributed by atoms with Crippen molar-refractivity contribution in [3.05, 3.63) is 42.1 Å². The maximum Gasteiger partial charge on any atom is 0.246 e. The van der Waals surface area contributed by atoms with Crippen LogP contribution in [0.15, 0.2) is 30.5 Å². The molecule has 5 nitrogen and oxygen atoms in total. The Bertz CT molecular complexity index is 627. The molecule has 0 aliphatic carbocycles. The maximum atomic E-state index is 13.4. The van der Waals surface area contributed by atoms with Crippen molar-refractivity contribution in [1.29, 1.82) is 0 Å². The number of nitrogens with zero attached hydrogens (tertiary/aromatic N) is 2. The van der Waals surface area contributed by atoms with E-state index < -0.39 is 23.6 Å². The Hall–Kier alpha value is -2.44. The molecule has 2 N–H and O–H groups in total. The van der Waals surface area contributed by atoms with Crippen molar-refractivity contribution in [2.24, 2.45) is 7.05 Å². The number of carbonyl (C=O) groups is 1. The molecule has 1 aromatic heterocycles. The van der Waals surface area contributed by atoms with Gasteiger partial charge in [-0.05, 0) is 19.1 Å². The van der Waals surface area contributed by atoms with E-state index in [0.717, 1.165) is 18.2 Å². The molecule has 0 saturated carbocycles. The summed E-state index contributed by atoms with van der Waals surface area (Å²) in [5.74, 6) is -1.27. The lowest BCUT2D eigenvalue weighted by Gasteiger charge is -2.13. The molecule has 1 unspecified atom stereocenters. The minimum absolute atomic E-state index is 0.190. The van der Waals surface area contributed by atoms with Gasteiger partial charge in [0.25, 0.3) is 0 Å². The number of aryl methyl sites for hydroxylation is 1. The monoisotopic (exact) mass is 280 g/mol. The number of carbonyl (C=O) groups excluding carboxylic acids is 1. The molecule has 1 amide bonds. The summed E-state index contributed by atoms with van der Waals surface area (Å²) in [6, 6.07) is 3.93. The zero-order chi connectivity index (χ0) is 14.7. The smallest absolute Gasteiger partial charge is 0.246 e. The van der Waals surface area contributed by atoms with Crippen molar-refractivity contribution in [3.63, 3.8) is 0 Å². The second-order valence-corrected chi connectivity index (χ2v) is 4.35. The molecule has 0 spiro atoms. The van der Waals surface area contributed by atoms with Crippen LogP contribution >= 0.6 is 0 Å². The molecule has 0 aliphatic heterocycles. The van der Waals surface area contributed by atoms with Gasteiger partial charge in [-0.15, -0.1) is 0 Å². The summed E-state index contributed by atoms with van der Waals surface area (Å²) in [7, 11) is 1.75. The minimum Gasteiger partial charge on any atom is -0.357 e. The van der Waals surface area contributed by atoms with Gasteiger partial charge in [-0.3, -0.25) is 9.48 Å². The van der Waals surface area contributed by atoms with Gasteiger partial charge in [-0.1, -0.05) is 0 Å². The van der Waals surface area contributed by atoms with Gasteiger partial charge in [-0.2, -0.15) is 5.10 Å². The summed E-state index contributed by atoms with van der Waals surface area (Å²) < 4.78 is 28.0. The first-order valence-corrected chi connectivity index (χ1v) is 5.98. The average molecular weight is 280 g/mol. The van der Waals surface area contributed by atoms with Gasteiger partial charge in [0.1, 0.15) is 23.5 Å². The van der Waals surface area contributed by atoms with Crippen LogP contribution in [0.1, 0.15) is 6.92 Å². The molecular weight excluding hydrogens is 266 g/mol. The molecular formula is C13H14F2N4O. The van der Waals surface area contributed by atoms with Crippen LogP contribution in [0.3, 0.4) is 0 Å². The first-order valence-electron chi connectivity index (χ1n) is 5.98. The molecule has 1 heterocycles. The molecule has 7 heteroatoms. The van der Waals surface area contributed by atoms with Crippen molar-refractivity contribution in [2.45, 2.75) is 13.0 Å². The number of benzene rings is 1. The summed E-state index contributed by atoms with van der Waals surface area (Å²) in [5.41, 5.74) is -0.190. The van der Waals surface area contributed by atoms with Crippen LogP contribution in [0.25, 0.3) is 0 Å². The van der Waals surface area contributed by atoms with E-state index in [1.807, 2.05) is 0 Å². The van der Waals surface area contributed by atoms with Crippen molar-refractivity contribution in [2.75, 3.05) is 10.6 Å². The first-order chi connectivity index (χ1) is 9.45. The maximum absolute atomic E-state index is 13.4. The Morgan fingerprint density at radius 1 is 1.35 bits per heavy atom. The Morgan fingerprint density at radius 2 is 2.10 bits per heavy atom. The highest BCUT2D eigenvalue weighted by Gasteiger charge is 2.15. The number of nitrogens with one attached hydrogen (secondary N) is 2. The molecule has 1 atom stereocenters. The molecule has 0 aliphatic rings. The summed E-state index contributed by atoms with van der Waals surface area (Å²) in [6.07, 6.45) is 1.72. The zero-order valence-electron chi connectivity index (χ0n) is 11.0. The number of anilines is 2. The fraction of sp³-hybridized carbons (Fsp3) is 0.231. The predicted octanol–water partition coefficient (Wildman–Crippen LogP) is 2.14. The first kappa shape index (κ1) is 14.0. The summed E-state index contributed by atoms with van der Waals surface area (Å²) in [4.78, 5) is 11.9. The third-order valence-electron chi connectivity index (χ3n) is 2.66. The van der Waals surface area contributed by atoms with Crippen LogP contribution in [0, 0.1) is 11.6 Å². The molecule has 2 rings (SSSR count). The Morgan fingerprint density at radius 3 is 2.75 bits per heavy atom. The molecule has 106 valence electrons. The predicted molar refractivity (Wildman–Crippen MR) is 71.3 cm³/mol. The highest BCUT2D eigenvalue weighted by atomic mass is 19.1. The summed E-state index contributed by atoms with van der Waals surface area (Å²) in [6.45, 7) is 1.60. The standard InChI is InChI=1S/C13H14F2N4O/c1-8(16-12-5-6-19(2)18-12)13(20)17-11-7-9(14)3-4-10(11)15/h3-8H,1-2H3,(H,16,18)(H,17,20). The van der Waals surface area contributed by atoms with Crippen LogP contribution in [0.2, 0.25) is 0 Å². The van der Waals surface area contributed by atoms with Gasteiger partial charge in [0.05, 0.1) is 5.69 Å². The molecule has 0 radical (unpaired) electrons. The van der Waals surface area contributed by atoms with Crippen molar-refractivity contribution in [3.8, 4) is 0 Å². The van der Waals surface area contributed by atoms with Crippen LogP contribution in [0.5, 0.6) is 0 Å². The van der Waals surface area contributed by atoms with E-state index in [9.17, 15) is 13.6 Å². The van der Waals surface area contributed by atoms with Crippen LogP contribution < -0.4 is 10.6 Å². The van der Waals surface area contributed by atoms with Gasteiger partial charge in [0.2, 0.25) is 5.91 Å². The number of aromatic nitrogens is 2. The quantitative estimate of drug-likeness (QED) is 0.902. The Kier molecular flexibility index (Phi) is 3.97. The van der Waals surface area contributed by atoms with Gasteiger partial charge in [0.15, 0.2) is 0 Å². The second kappa shape index (κ2) is 5.68. The van der Waals surface area contributed by atoms with Gasteiger partial charge in [-0.25, -0.2) is 8.78 Å². The highest BCUT2D eigenvalue weighted by molar-refractivity contribution is 5.96. The number of rotatable bonds is 4. The van der Waals surface area contributed by atoms with Crippen LogP contribution in [0.4, 0.5) is 20.3 Å². The molecule has 0 saturated heterocycles. The lowest BCUT2D eigenvalue weighted by atomic mass is 10.2. The van der Waals surface area contributed by atoms with Gasteiger partial charge < -0.3 is 10.6 Å². The fourth-order valence-corrected chi connectivity index (χ4v) is 1.61. The van der Waals surface area contributed by atoms with Crippen LogP contribution in [-0.2, 0) is 11.8 Å². The van der Waals surface area contributed by atoms with E-state index in [0.29, 0.717) is 5.82 Å². The number of halogens is 2. The summed E-state index contributed by atoms with van der Waals surface area (Å²) >= 11 is 0. The third kappa shape index (κ3) is 3.31. The molecule has 20 heavy (non-hydrogen) atoms. The van der Waals surface area contributed by atoms with Gasteiger partial charge in [0, 0.05) is 25.4 Å². The molecule has 0 fully saturated rings. The van der Waals surface area contributed by atoms with Crippen molar-refractivity contribution in [1.82, 2.24) is 9.78 Å². The SMILES string of the molecule is CC(Nc1ccn(C)n1)C(=O)Nc1cc(F)ccc1F. The normalized spacial score (nSPS) is 12.0. The third-order valence-corrected chi connectivity index (χ3v) is 2.66. The molecule has 1 aromatic carbocycles. The molecule has 0 bridgehead atoms. The van der Waals surface area contributed by atoms with Crippen molar-refractivity contribution < 1.29 is 13.6 Å². The second-order valence-electron chi connectivity index (χ2n) is 4.35.